The highest BCUT2D eigenvalue weighted by atomic mass is 16.3. The van der Waals surface area contributed by atoms with Crippen molar-refractivity contribution in [3.8, 4) is 39.8 Å². The Hall–Kier alpha value is -7.16. The SMILES string of the molecule is [2H]c1cc2c(oc3c(-c4ccc(C(C)(C)C(C)(C)c5cc(C(C)(C)C(C)(C)c6ccc(-c7ccccc7)nc6)cc(C(C)(C)C(C)(C)c6ccc(-c7ccccc7)nc6)c5)cn4)cccc32)c([2H])c1C#N. The summed E-state index contributed by atoms with van der Waals surface area (Å²) in [5.74, 6) is 0. The van der Waals surface area contributed by atoms with Crippen LogP contribution in [0.5, 0.6) is 0 Å². The van der Waals surface area contributed by atoms with Crippen LogP contribution in [0.2, 0.25) is 0 Å². The number of nitriles is 1. The minimum atomic E-state index is -0.411. The molecule has 5 nitrogen and oxygen atoms in total. The molecule has 0 bridgehead atoms. The van der Waals surface area contributed by atoms with Crippen molar-refractivity contribution in [2.24, 2.45) is 0 Å². The number of nitrogens with zero attached hydrogens (tertiary/aromatic N) is 4. The largest absolute Gasteiger partial charge is 0.455 e. The van der Waals surface area contributed by atoms with Gasteiger partial charge in [0.25, 0.3) is 0 Å². The lowest BCUT2D eigenvalue weighted by atomic mass is 9.56. The van der Waals surface area contributed by atoms with E-state index in [0.717, 1.165) is 44.7 Å². The predicted molar refractivity (Wildman–Crippen MR) is 286 cm³/mol. The molecule has 0 aliphatic carbocycles. The fourth-order valence-electron chi connectivity index (χ4n) is 9.82. The highest BCUT2D eigenvalue weighted by Gasteiger charge is 2.46. The maximum Gasteiger partial charge on any atom is 0.144 e. The van der Waals surface area contributed by atoms with Gasteiger partial charge in [-0.05, 0) is 92.0 Å². The molecule has 69 heavy (non-hydrogen) atoms. The number of hydrogen-bond acceptors (Lipinski definition) is 5. The summed E-state index contributed by atoms with van der Waals surface area (Å²) in [6.45, 7) is 28.3. The molecule has 0 aliphatic heterocycles. The summed E-state index contributed by atoms with van der Waals surface area (Å²) in [6, 6.07) is 50.6. The van der Waals surface area contributed by atoms with Crippen LogP contribution in [-0.2, 0) is 32.5 Å². The van der Waals surface area contributed by atoms with Crippen molar-refractivity contribution in [2.75, 3.05) is 0 Å². The summed E-state index contributed by atoms with van der Waals surface area (Å²) in [7, 11) is 0. The number of fused-ring (bicyclic) bond motifs is 3. The first-order valence-electron chi connectivity index (χ1n) is 25.1. The monoisotopic (exact) mass is 907 g/mol. The Kier molecular flexibility index (Phi) is 11.0. The van der Waals surface area contributed by atoms with Crippen molar-refractivity contribution in [2.45, 2.75) is 116 Å². The highest BCUT2D eigenvalue weighted by Crippen LogP contribution is 2.52. The fraction of sp³-hybridized carbons (Fsp3) is 0.281. The number of para-hydroxylation sites is 1. The molecule has 0 amide bonds. The van der Waals surface area contributed by atoms with E-state index >= 15 is 0 Å². The summed E-state index contributed by atoms with van der Waals surface area (Å²) in [5.41, 5.74) is 11.6. The molecule has 0 saturated carbocycles. The van der Waals surface area contributed by atoms with Crippen LogP contribution in [0.4, 0.5) is 0 Å². The Labute approximate surface area is 412 Å². The van der Waals surface area contributed by atoms with E-state index in [0.29, 0.717) is 16.6 Å². The standard InChI is InChI=1S/C64H64N4O/c1-59(2,45-27-31-54(66-39-45)43-20-15-13-16-21-43)62(7,8)48-35-49(63(9,10)60(3,4)46-28-32-55(67-40-46)44-22-17-14-18-23-44)37-50(36-48)64(11,12)61(5,6)47-29-33-56(68-41-47)53-25-19-24-52-51-30-26-42(38-65)34-57(51)69-58(52)53/h13-37,39-41H,1-12H3/i26D,34D. The van der Waals surface area contributed by atoms with E-state index in [-0.39, 0.29) is 39.3 Å². The lowest BCUT2D eigenvalue weighted by molar-refractivity contribution is 0.282. The molecule has 4 heterocycles. The van der Waals surface area contributed by atoms with Crippen LogP contribution in [0.25, 0.3) is 55.7 Å². The van der Waals surface area contributed by atoms with Gasteiger partial charge in [0.2, 0.25) is 0 Å². The molecule has 4 aromatic heterocycles. The third-order valence-electron chi connectivity index (χ3n) is 17.1. The molecule has 9 rings (SSSR count). The molecular weight excluding hydrogens is 841 g/mol. The van der Waals surface area contributed by atoms with Crippen LogP contribution in [0.15, 0.2) is 175 Å². The van der Waals surface area contributed by atoms with Crippen LogP contribution in [0, 0.1) is 11.3 Å². The van der Waals surface area contributed by atoms with E-state index in [1.807, 2.05) is 42.6 Å². The Balaban J connectivity index is 1.13. The second kappa shape index (κ2) is 17.1. The summed E-state index contributed by atoms with van der Waals surface area (Å²) >= 11 is 0. The van der Waals surface area contributed by atoms with Gasteiger partial charge in [0.1, 0.15) is 11.2 Å². The lowest BCUT2D eigenvalue weighted by Gasteiger charge is -2.48. The minimum absolute atomic E-state index is 0.000106. The number of aromatic nitrogens is 3. The average molecular weight is 907 g/mol. The van der Waals surface area contributed by atoms with Gasteiger partial charge in [-0.2, -0.15) is 5.26 Å². The number of hydrogen-bond donors (Lipinski definition) is 0. The summed E-state index contributed by atoms with van der Waals surface area (Å²) in [4.78, 5) is 15.1. The molecule has 0 radical (unpaired) electrons. The number of furan rings is 1. The molecule has 5 heteroatoms. The van der Waals surface area contributed by atoms with Gasteiger partial charge >= 0.3 is 0 Å². The van der Waals surface area contributed by atoms with Crippen molar-refractivity contribution in [3.63, 3.8) is 0 Å². The Morgan fingerprint density at radius 1 is 0.435 bits per heavy atom. The molecular formula is C64H64N4O. The number of rotatable bonds is 12. The molecule has 0 unspecified atom stereocenters. The average Bonchev–Trinajstić information content (AvgIpc) is 3.75. The summed E-state index contributed by atoms with van der Waals surface area (Å²) in [5, 5.41) is 11.1. The highest BCUT2D eigenvalue weighted by molar-refractivity contribution is 6.09. The van der Waals surface area contributed by atoms with Crippen LogP contribution in [0.1, 0.15) is 125 Å². The van der Waals surface area contributed by atoms with E-state index in [2.05, 4.69) is 199 Å². The zero-order chi connectivity index (χ0) is 50.9. The van der Waals surface area contributed by atoms with Crippen LogP contribution < -0.4 is 0 Å². The van der Waals surface area contributed by atoms with E-state index in [1.54, 1.807) is 6.07 Å². The van der Waals surface area contributed by atoms with Crippen molar-refractivity contribution in [1.82, 2.24) is 15.0 Å². The first-order chi connectivity index (χ1) is 33.5. The second-order valence-corrected chi connectivity index (χ2v) is 22.0. The van der Waals surface area contributed by atoms with Crippen molar-refractivity contribution >= 4 is 21.9 Å². The summed E-state index contributed by atoms with van der Waals surface area (Å²) in [6.07, 6.45) is 6.13. The molecule has 5 aromatic carbocycles. The molecule has 9 aromatic rings. The molecule has 0 saturated heterocycles. The Morgan fingerprint density at radius 2 is 0.841 bits per heavy atom. The zero-order valence-electron chi connectivity index (χ0n) is 44.2. The smallest absolute Gasteiger partial charge is 0.144 e. The molecule has 0 atom stereocenters. The molecule has 0 aliphatic rings. The molecule has 0 fully saturated rings. The Bertz CT molecular complexity index is 3340. The number of benzene rings is 5. The summed E-state index contributed by atoms with van der Waals surface area (Å²) < 4.78 is 23.4. The van der Waals surface area contributed by atoms with E-state index in [1.165, 1.54) is 27.8 Å². The van der Waals surface area contributed by atoms with Crippen molar-refractivity contribution in [1.29, 1.82) is 5.26 Å². The van der Waals surface area contributed by atoms with Crippen LogP contribution >= 0.6 is 0 Å². The first kappa shape index (κ1) is 44.4. The van der Waals surface area contributed by atoms with Gasteiger partial charge in [-0.15, -0.1) is 0 Å². The fourth-order valence-corrected chi connectivity index (χ4v) is 9.82. The first-order valence-corrected chi connectivity index (χ1v) is 24.1. The zero-order valence-corrected chi connectivity index (χ0v) is 42.2. The predicted octanol–water partition coefficient (Wildman–Crippen LogP) is 16.4. The Morgan fingerprint density at radius 3 is 1.23 bits per heavy atom. The van der Waals surface area contributed by atoms with E-state index < -0.39 is 10.8 Å². The maximum atomic E-state index is 9.67. The van der Waals surface area contributed by atoms with Gasteiger partial charge < -0.3 is 4.42 Å². The van der Waals surface area contributed by atoms with Gasteiger partial charge in [-0.3, -0.25) is 15.0 Å². The van der Waals surface area contributed by atoms with Gasteiger partial charge in [0, 0.05) is 62.3 Å². The second-order valence-electron chi connectivity index (χ2n) is 22.0. The van der Waals surface area contributed by atoms with Crippen LogP contribution in [0.3, 0.4) is 0 Å². The van der Waals surface area contributed by atoms with E-state index in [9.17, 15) is 5.26 Å². The van der Waals surface area contributed by atoms with Gasteiger partial charge in [0.05, 0.1) is 31.5 Å². The topological polar surface area (TPSA) is 75.6 Å². The normalized spacial score (nSPS) is 13.3. The van der Waals surface area contributed by atoms with Crippen molar-refractivity contribution < 1.29 is 7.16 Å². The van der Waals surface area contributed by atoms with E-state index in [4.69, 9.17) is 22.1 Å². The van der Waals surface area contributed by atoms with Gasteiger partial charge in [0.15, 0.2) is 0 Å². The maximum absolute atomic E-state index is 9.67. The van der Waals surface area contributed by atoms with Gasteiger partial charge in [-0.1, -0.05) is 192 Å². The molecule has 346 valence electrons. The van der Waals surface area contributed by atoms with Crippen LogP contribution in [-0.4, -0.2) is 15.0 Å². The molecule has 0 N–H and O–H groups in total. The molecule has 0 spiro atoms. The lowest BCUT2D eigenvalue weighted by Crippen LogP contribution is -2.44. The third-order valence-corrected chi connectivity index (χ3v) is 17.1. The minimum Gasteiger partial charge on any atom is -0.455 e. The number of pyridine rings is 3. The van der Waals surface area contributed by atoms with Gasteiger partial charge in [-0.25, -0.2) is 0 Å². The quantitative estimate of drug-likeness (QED) is 0.122. The van der Waals surface area contributed by atoms with Crippen molar-refractivity contribution in [3.05, 3.63) is 209 Å². The third kappa shape index (κ3) is 7.94.